The first-order chi connectivity index (χ1) is 7.84. The molecule has 0 atom stereocenters. The van der Waals surface area contributed by atoms with Gasteiger partial charge in [-0.05, 0) is 26.0 Å². The monoisotopic (exact) mass is 214 g/mol. The predicted octanol–water partition coefficient (Wildman–Crippen LogP) is 2.30. The van der Waals surface area contributed by atoms with E-state index in [-0.39, 0.29) is 0 Å². The number of aryl methyl sites for hydroxylation is 1. The number of nitrogens with zero attached hydrogens (tertiary/aromatic N) is 1. The second-order valence-electron chi connectivity index (χ2n) is 4.23. The summed E-state index contributed by atoms with van der Waals surface area (Å²) in [7, 11) is 0. The highest BCUT2D eigenvalue weighted by Gasteiger charge is 2.19. The van der Waals surface area contributed by atoms with Gasteiger partial charge in [0.05, 0.1) is 0 Å². The summed E-state index contributed by atoms with van der Waals surface area (Å²) in [6, 6.07) is 8.37. The van der Waals surface area contributed by atoms with Crippen LogP contribution in [-0.4, -0.2) is 11.7 Å². The van der Waals surface area contributed by atoms with E-state index in [9.17, 15) is 0 Å². The number of fused-ring (bicyclic) bond motifs is 1. The molecule has 82 valence electrons. The summed E-state index contributed by atoms with van der Waals surface area (Å²) in [5.74, 6) is 0.945. The van der Waals surface area contributed by atoms with Crippen molar-refractivity contribution in [1.29, 1.82) is 0 Å². The molecule has 0 bridgehead atoms. The van der Waals surface area contributed by atoms with E-state index in [2.05, 4.69) is 41.7 Å². The van der Waals surface area contributed by atoms with Crippen molar-refractivity contribution in [2.24, 2.45) is 0 Å². The standard InChI is InChI=1S/C13H14N2O/c1-9-3-2-4-10(7-9)13-11-5-6-14-8-12(11)15-16-13/h2-4,7,14H,5-6,8H2,1H3. The van der Waals surface area contributed by atoms with Gasteiger partial charge in [-0.1, -0.05) is 28.9 Å². The minimum atomic E-state index is 0.824. The summed E-state index contributed by atoms with van der Waals surface area (Å²) in [5, 5.41) is 7.42. The molecule has 3 nitrogen and oxygen atoms in total. The summed E-state index contributed by atoms with van der Waals surface area (Å²) < 4.78 is 5.47. The Morgan fingerprint density at radius 3 is 3.19 bits per heavy atom. The Morgan fingerprint density at radius 2 is 2.31 bits per heavy atom. The fraction of sp³-hybridized carbons (Fsp3) is 0.308. The third-order valence-electron chi connectivity index (χ3n) is 2.99. The van der Waals surface area contributed by atoms with Crippen molar-refractivity contribution < 1.29 is 4.52 Å². The highest BCUT2D eigenvalue weighted by Crippen LogP contribution is 2.28. The van der Waals surface area contributed by atoms with Crippen molar-refractivity contribution in [1.82, 2.24) is 10.5 Å². The van der Waals surface area contributed by atoms with Crippen molar-refractivity contribution >= 4 is 0 Å². The highest BCUT2D eigenvalue weighted by atomic mass is 16.5. The van der Waals surface area contributed by atoms with Crippen LogP contribution < -0.4 is 5.32 Å². The van der Waals surface area contributed by atoms with E-state index in [1.807, 2.05) is 0 Å². The van der Waals surface area contributed by atoms with E-state index >= 15 is 0 Å². The Morgan fingerprint density at radius 1 is 1.38 bits per heavy atom. The normalized spacial score (nSPS) is 14.8. The number of aromatic nitrogens is 1. The van der Waals surface area contributed by atoms with Crippen LogP contribution in [0.5, 0.6) is 0 Å². The Kier molecular flexibility index (Phi) is 2.26. The second kappa shape index (κ2) is 3.76. The van der Waals surface area contributed by atoms with Crippen molar-refractivity contribution in [3.8, 4) is 11.3 Å². The van der Waals surface area contributed by atoms with Gasteiger partial charge >= 0.3 is 0 Å². The summed E-state index contributed by atoms with van der Waals surface area (Å²) in [6.45, 7) is 3.92. The Hall–Kier alpha value is -1.61. The SMILES string of the molecule is Cc1cccc(-c2onc3c2CCNC3)c1. The number of hydrogen-bond donors (Lipinski definition) is 1. The van der Waals surface area contributed by atoms with E-state index in [0.29, 0.717) is 0 Å². The summed E-state index contributed by atoms with van der Waals surface area (Å²) in [4.78, 5) is 0. The largest absolute Gasteiger partial charge is 0.356 e. The lowest BCUT2D eigenvalue weighted by Crippen LogP contribution is -2.23. The molecule has 0 saturated carbocycles. The van der Waals surface area contributed by atoms with Crippen LogP contribution in [-0.2, 0) is 13.0 Å². The van der Waals surface area contributed by atoms with Crippen molar-refractivity contribution in [3.05, 3.63) is 41.1 Å². The van der Waals surface area contributed by atoms with E-state index < -0.39 is 0 Å². The molecule has 0 aliphatic carbocycles. The third-order valence-corrected chi connectivity index (χ3v) is 2.99. The molecule has 16 heavy (non-hydrogen) atoms. The fourth-order valence-electron chi connectivity index (χ4n) is 2.17. The molecule has 0 spiro atoms. The number of nitrogens with one attached hydrogen (secondary N) is 1. The highest BCUT2D eigenvalue weighted by molar-refractivity contribution is 5.63. The van der Waals surface area contributed by atoms with Gasteiger partial charge in [-0.2, -0.15) is 0 Å². The number of hydrogen-bond acceptors (Lipinski definition) is 3. The summed E-state index contributed by atoms with van der Waals surface area (Å²) in [6.07, 6.45) is 1.00. The minimum Gasteiger partial charge on any atom is -0.356 e. The zero-order valence-corrected chi connectivity index (χ0v) is 9.29. The van der Waals surface area contributed by atoms with Crippen molar-refractivity contribution in [3.63, 3.8) is 0 Å². The molecule has 1 N–H and O–H groups in total. The van der Waals surface area contributed by atoms with Gasteiger partial charge < -0.3 is 9.84 Å². The van der Waals surface area contributed by atoms with Gasteiger partial charge in [-0.3, -0.25) is 0 Å². The molecule has 3 heteroatoms. The molecule has 1 aromatic carbocycles. The molecule has 1 aliphatic rings. The second-order valence-corrected chi connectivity index (χ2v) is 4.23. The molecular formula is C13H14N2O. The maximum Gasteiger partial charge on any atom is 0.170 e. The van der Waals surface area contributed by atoms with Crippen LogP contribution in [0.2, 0.25) is 0 Å². The molecule has 0 radical (unpaired) electrons. The number of benzene rings is 1. The molecule has 0 fully saturated rings. The topological polar surface area (TPSA) is 38.1 Å². The van der Waals surface area contributed by atoms with E-state index in [4.69, 9.17) is 4.52 Å². The van der Waals surface area contributed by atoms with Crippen LogP contribution in [0.3, 0.4) is 0 Å². The lowest BCUT2D eigenvalue weighted by atomic mass is 10.0. The van der Waals surface area contributed by atoms with Crippen LogP contribution in [0.1, 0.15) is 16.8 Å². The van der Waals surface area contributed by atoms with E-state index in [1.54, 1.807) is 0 Å². The van der Waals surface area contributed by atoms with Gasteiger partial charge in [0, 0.05) is 17.7 Å². The first-order valence-corrected chi connectivity index (χ1v) is 5.60. The van der Waals surface area contributed by atoms with E-state index in [0.717, 1.165) is 36.5 Å². The first kappa shape index (κ1) is 9.60. The Labute approximate surface area is 94.5 Å². The third kappa shape index (κ3) is 1.53. The van der Waals surface area contributed by atoms with Crippen LogP contribution >= 0.6 is 0 Å². The lowest BCUT2D eigenvalue weighted by molar-refractivity contribution is 0.421. The fourth-order valence-corrected chi connectivity index (χ4v) is 2.17. The molecular weight excluding hydrogens is 200 g/mol. The minimum absolute atomic E-state index is 0.824. The number of rotatable bonds is 1. The lowest BCUT2D eigenvalue weighted by Gasteiger charge is -2.11. The average Bonchev–Trinajstić information content (AvgIpc) is 2.72. The predicted molar refractivity (Wildman–Crippen MR) is 62.1 cm³/mol. The molecule has 2 aromatic rings. The Balaban J connectivity index is 2.09. The Bertz CT molecular complexity index is 516. The molecule has 0 amide bonds. The van der Waals surface area contributed by atoms with Gasteiger partial charge in [0.2, 0.25) is 0 Å². The van der Waals surface area contributed by atoms with Crippen molar-refractivity contribution in [2.75, 3.05) is 6.54 Å². The first-order valence-electron chi connectivity index (χ1n) is 5.60. The van der Waals surface area contributed by atoms with Crippen LogP contribution in [0.15, 0.2) is 28.8 Å². The maximum atomic E-state index is 5.47. The molecule has 1 aromatic heterocycles. The summed E-state index contributed by atoms with van der Waals surface area (Å²) in [5.41, 5.74) is 4.71. The zero-order valence-electron chi connectivity index (χ0n) is 9.29. The maximum absolute atomic E-state index is 5.47. The molecule has 3 rings (SSSR count). The molecule has 2 heterocycles. The van der Waals surface area contributed by atoms with Crippen LogP contribution in [0.25, 0.3) is 11.3 Å². The van der Waals surface area contributed by atoms with Crippen LogP contribution in [0.4, 0.5) is 0 Å². The van der Waals surface area contributed by atoms with Gasteiger partial charge in [0.25, 0.3) is 0 Å². The van der Waals surface area contributed by atoms with Crippen molar-refractivity contribution in [2.45, 2.75) is 19.9 Å². The van der Waals surface area contributed by atoms with E-state index in [1.165, 1.54) is 11.1 Å². The molecule has 0 saturated heterocycles. The zero-order chi connectivity index (χ0) is 11.0. The van der Waals surface area contributed by atoms with Gasteiger partial charge in [-0.25, -0.2) is 0 Å². The molecule has 0 unspecified atom stereocenters. The smallest absolute Gasteiger partial charge is 0.170 e. The summed E-state index contributed by atoms with van der Waals surface area (Å²) >= 11 is 0. The van der Waals surface area contributed by atoms with Gasteiger partial charge in [0.1, 0.15) is 5.69 Å². The van der Waals surface area contributed by atoms with Crippen LogP contribution in [0, 0.1) is 6.92 Å². The van der Waals surface area contributed by atoms with Gasteiger partial charge in [0.15, 0.2) is 5.76 Å². The average molecular weight is 214 g/mol. The van der Waals surface area contributed by atoms with Gasteiger partial charge in [-0.15, -0.1) is 0 Å². The molecule has 1 aliphatic heterocycles. The quantitative estimate of drug-likeness (QED) is 0.791.